The molecular weight excluding hydrogens is 311 g/mol. The summed E-state index contributed by atoms with van der Waals surface area (Å²) in [5, 5.41) is 20.5. The van der Waals surface area contributed by atoms with Crippen LogP contribution in [0, 0.1) is 6.92 Å². The molecule has 2 heterocycles. The zero-order valence-electron chi connectivity index (χ0n) is 13.1. The van der Waals surface area contributed by atoms with Gasteiger partial charge in [0.15, 0.2) is 11.5 Å². The molecule has 2 rings (SSSR count). The fraction of sp³-hybridized carbons (Fsp3) is 0.643. The summed E-state index contributed by atoms with van der Waals surface area (Å²) < 4.78 is 42.3. The van der Waals surface area contributed by atoms with Gasteiger partial charge in [-0.15, -0.1) is 10.2 Å². The van der Waals surface area contributed by atoms with E-state index in [4.69, 9.17) is 5.11 Å². The second-order valence-corrected chi connectivity index (χ2v) is 5.34. The van der Waals surface area contributed by atoms with Crippen LogP contribution in [0.15, 0.2) is 6.20 Å². The smallest absolute Gasteiger partial charge is 0.396 e. The lowest BCUT2D eigenvalue weighted by molar-refractivity contribution is -0.142. The first kappa shape index (κ1) is 17.5. The molecule has 0 fully saturated rings. The first-order valence-electron chi connectivity index (χ1n) is 7.49. The van der Waals surface area contributed by atoms with Crippen LogP contribution >= 0.6 is 0 Å². The molecule has 0 aromatic carbocycles. The van der Waals surface area contributed by atoms with Gasteiger partial charge in [-0.2, -0.15) is 18.3 Å². The number of alkyl halides is 3. The van der Waals surface area contributed by atoms with Gasteiger partial charge in [-0.05, 0) is 26.2 Å². The van der Waals surface area contributed by atoms with Crippen molar-refractivity contribution >= 4 is 0 Å². The molecule has 2 aromatic rings. The predicted molar refractivity (Wildman–Crippen MR) is 76.8 cm³/mol. The van der Waals surface area contributed by atoms with Gasteiger partial charge in [0.1, 0.15) is 12.4 Å². The number of hydrogen-bond donors (Lipinski definition) is 1. The van der Waals surface area contributed by atoms with Gasteiger partial charge in [0.2, 0.25) is 0 Å². The molecule has 0 atom stereocenters. The van der Waals surface area contributed by atoms with E-state index in [1.54, 1.807) is 0 Å². The summed E-state index contributed by atoms with van der Waals surface area (Å²) in [6, 6.07) is 0. The lowest BCUT2D eigenvalue weighted by atomic mass is 10.1. The first-order chi connectivity index (χ1) is 10.9. The second-order valence-electron chi connectivity index (χ2n) is 5.34. The molecule has 9 heteroatoms. The van der Waals surface area contributed by atoms with E-state index in [0.717, 1.165) is 12.2 Å². The summed E-state index contributed by atoms with van der Waals surface area (Å²) in [6.45, 7) is 4.49. The fourth-order valence-electron chi connectivity index (χ4n) is 2.44. The highest BCUT2D eigenvalue weighted by molar-refractivity contribution is 5.20. The topological polar surface area (TPSA) is 68.8 Å². The van der Waals surface area contributed by atoms with E-state index < -0.39 is 11.9 Å². The van der Waals surface area contributed by atoms with Crippen LogP contribution in [0.25, 0.3) is 0 Å². The van der Waals surface area contributed by atoms with E-state index in [1.807, 2.05) is 18.4 Å². The third-order valence-electron chi connectivity index (χ3n) is 3.47. The molecule has 1 N–H and O–H groups in total. The molecule has 0 saturated carbocycles. The van der Waals surface area contributed by atoms with Crippen molar-refractivity contribution in [2.75, 3.05) is 6.61 Å². The Morgan fingerprint density at radius 3 is 2.61 bits per heavy atom. The highest BCUT2D eigenvalue weighted by atomic mass is 19.4. The molecule has 0 bridgehead atoms. The molecule has 6 nitrogen and oxygen atoms in total. The maximum absolute atomic E-state index is 13.1. The zero-order chi connectivity index (χ0) is 17.0. The number of aliphatic hydroxyl groups is 1. The molecule has 0 saturated heterocycles. The minimum atomic E-state index is -4.51. The van der Waals surface area contributed by atoms with Gasteiger partial charge in [0.05, 0.1) is 0 Å². The molecule has 0 aliphatic heterocycles. The molecular formula is C14H20F3N5O. The molecule has 0 aliphatic rings. The van der Waals surface area contributed by atoms with Gasteiger partial charge in [0.25, 0.3) is 0 Å². The number of aliphatic hydroxyl groups excluding tert-OH is 1. The fourth-order valence-corrected chi connectivity index (χ4v) is 2.44. The molecule has 0 radical (unpaired) electrons. The Morgan fingerprint density at radius 1 is 1.26 bits per heavy atom. The molecule has 0 unspecified atom stereocenters. The summed E-state index contributed by atoms with van der Waals surface area (Å²) in [4.78, 5) is 0. The van der Waals surface area contributed by atoms with E-state index in [9.17, 15) is 13.2 Å². The lowest BCUT2D eigenvalue weighted by Gasteiger charge is -2.07. The van der Waals surface area contributed by atoms with E-state index >= 15 is 0 Å². The number of aryl methyl sites for hydroxylation is 2. The summed E-state index contributed by atoms with van der Waals surface area (Å²) in [6.07, 6.45) is -1.87. The third kappa shape index (κ3) is 4.10. The Morgan fingerprint density at radius 2 is 2.00 bits per heavy atom. The van der Waals surface area contributed by atoms with Crippen LogP contribution in [0.5, 0.6) is 0 Å². The molecule has 23 heavy (non-hydrogen) atoms. The lowest BCUT2D eigenvalue weighted by Crippen LogP contribution is -2.12. The van der Waals surface area contributed by atoms with Crippen LogP contribution in [0.3, 0.4) is 0 Å². The van der Waals surface area contributed by atoms with Crippen LogP contribution < -0.4 is 0 Å². The van der Waals surface area contributed by atoms with Crippen LogP contribution in [0.2, 0.25) is 0 Å². The van der Waals surface area contributed by atoms with Crippen molar-refractivity contribution < 1.29 is 18.3 Å². The highest BCUT2D eigenvalue weighted by Crippen LogP contribution is 2.31. The van der Waals surface area contributed by atoms with Crippen LogP contribution in [-0.2, 0) is 25.7 Å². The van der Waals surface area contributed by atoms with Crippen molar-refractivity contribution in [3.63, 3.8) is 0 Å². The Kier molecular flexibility index (Phi) is 5.40. The Hall–Kier alpha value is -1.90. The Balaban J connectivity index is 2.28. The molecule has 0 amide bonds. The summed E-state index contributed by atoms with van der Waals surface area (Å²) in [7, 11) is 0. The molecule has 0 aliphatic carbocycles. The Bertz CT molecular complexity index is 647. The van der Waals surface area contributed by atoms with E-state index in [0.29, 0.717) is 12.4 Å². The molecule has 2 aromatic heterocycles. The number of rotatable bonds is 7. The zero-order valence-corrected chi connectivity index (χ0v) is 13.1. The van der Waals surface area contributed by atoms with Gasteiger partial charge in [-0.25, -0.2) is 0 Å². The van der Waals surface area contributed by atoms with Crippen molar-refractivity contribution in [1.29, 1.82) is 0 Å². The third-order valence-corrected chi connectivity index (χ3v) is 3.47. The average molecular weight is 331 g/mol. The minimum absolute atomic E-state index is 0.0878. The molecule has 128 valence electrons. The van der Waals surface area contributed by atoms with Gasteiger partial charge < -0.3 is 9.67 Å². The van der Waals surface area contributed by atoms with Crippen LogP contribution in [0.4, 0.5) is 13.2 Å². The number of halogens is 3. The SMILES string of the molecule is CCCn1c(C)nnc1Cn1cc(CCCO)c(C(F)(F)F)n1. The van der Waals surface area contributed by atoms with E-state index in [1.165, 1.54) is 10.9 Å². The maximum Gasteiger partial charge on any atom is 0.435 e. The largest absolute Gasteiger partial charge is 0.435 e. The number of nitrogens with zero attached hydrogens (tertiary/aromatic N) is 5. The quantitative estimate of drug-likeness (QED) is 0.844. The second kappa shape index (κ2) is 7.12. The highest BCUT2D eigenvalue weighted by Gasteiger charge is 2.37. The van der Waals surface area contributed by atoms with Gasteiger partial charge in [0, 0.05) is 24.9 Å². The first-order valence-corrected chi connectivity index (χ1v) is 7.49. The van der Waals surface area contributed by atoms with Crippen molar-refractivity contribution in [3.05, 3.63) is 29.1 Å². The molecule has 0 spiro atoms. The van der Waals surface area contributed by atoms with Crippen molar-refractivity contribution in [2.24, 2.45) is 0 Å². The predicted octanol–water partition coefficient (Wildman–Crippen LogP) is 2.19. The number of aromatic nitrogens is 5. The van der Waals surface area contributed by atoms with Gasteiger partial charge >= 0.3 is 6.18 Å². The van der Waals surface area contributed by atoms with Crippen molar-refractivity contribution in [1.82, 2.24) is 24.5 Å². The van der Waals surface area contributed by atoms with Gasteiger partial charge in [-0.3, -0.25) is 4.68 Å². The summed E-state index contributed by atoms with van der Waals surface area (Å²) >= 11 is 0. The van der Waals surface area contributed by atoms with E-state index in [2.05, 4.69) is 15.3 Å². The average Bonchev–Trinajstić information content (AvgIpc) is 3.03. The van der Waals surface area contributed by atoms with Crippen LogP contribution in [0.1, 0.15) is 42.7 Å². The standard InChI is InChI=1S/C14H20F3N5O/c1-3-6-22-10(2)18-19-12(22)9-21-8-11(5-4-7-23)13(20-21)14(15,16)17/h8,23H,3-7,9H2,1-2H3. The number of hydrogen-bond acceptors (Lipinski definition) is 4. The summed E-state index contributed by atoms with van der Waals surface area (Å²) in [5.74, 6) is 1.31. The van der Waals surface area contributed by atoms with Gasteiger partial charge in [-0.1, -0.05) is 6.92 Å². The van der Waals surface area contributed by atoms with Crippen molar-refractivity contribution in [2.45, 2.75) is 52.4 Å². The van der Waals surface area contributed by atoms with Crippen LogP contribution in [-0.4, -0.2) is 36.3 Å². The van der Waals surface area contributed by atoms with E-state index in [-0.39, 0.29) is 31.6 Å². The normalized spacial score (nSPS) is 12.1. The minimum Gasteiger partial charge on any atom is -0.396 e. The van der Waals surface area contributed by atoms with Crippen molar-refractivity contribution in [3.8, 4) is 0 Å². The Labute approximate surface area is 131 Å². The summed E-state index contributed by atoms with van der Waals surface area (Å²) in [5.41, 5.74) is -0.811. The monoisotopic (exact) mass is 331 g/mol. The maximum atomic E-state index is 13.1.